The smallest absolute Gasteiger partial charge is 0.271 e. The summed E-state index contributed by atoms with van der Waals surface area (Å²) in [6.45, 7) is 3.57. The van der Waals surface area contributed by atoms with Gasteiger partial charge >= 0.3 is 0 Å². The van der Waals surface area contributed by atoms with Gasteiger partial charge in [0, 0.05) is 29.3 Å². The predicted molar refractivity (Wildman–Crippen MR) is 99.4 cm³/mol. The molecule has 26 heavy (non-hydrogen) atoms. The van der Waals surface area contributed by atoms with Crippen molar-refractivity contribution < 1.29 is 9.72 Å². The standard InChI is InChI=1S/C19H17N3O4/c1-12-5-3-8-16-13(2)9-18(24)21(19(12)16)11-17(23)20-14-6-4-7-15(10-14)22(25)26/h3-10H,11H2,1-2H3,(H,20,23). The van der Waals surface area contributed by atoms with E-state index in [4.69, 9.17) is 0 Å². The maximum Gasteiger partial charge on any atom is 0.271 e. The van der Waals surface area contributed by atoms with E-state index >= 15 is 0 Å². The number of aromatic nitrogens is 1. The molecule has 2 aromatic carbocycles. The molecular weight excluding hydrogens is 334 g/mol. The Morgan fingerprint density at radius 2 is 1.85 bits per heavy atom. The highest BCUT2D eigenvalue weighted by Crippen LogP contribution is 2.20. The molecule has 0 saturated carbocycles. The van der Waals surface area contributed by atoms with E-state index in [0.29, 0.717) is 11.2 Å². The van der Waals surface area contributed by atoms with Crippen LogP contribution in [0.25, 0.3) is 10.9 Å². The van der Waals surface area contributed by atoms with Gasteiger partial charge in [-0.1, -0.05) is 24.3 Å². The van der Waals surface area contributed by atoms with Crippen molar-refractivity contribution in [2.45, 2.75) is 20.4 Å². The first-order valence-corrected chi connectivity index (χ1v) is 8.01. The van der Waals surface area contributed by atoms with E-state index in [1.54, 1.807) is 6.07 Å². The van der Waals surface area contributed by atoms with Crippen LogP contribution >= 0.6 is 0 Å². The number of fused-ring (bicyclic) bond motifs is 1. The van der Waals surface area contributed by atoms with E-state index in [9.17, 15) is 19.7 Å². The summed E-state index contributed by atoms with van der Waals surface area (Å²) in [6, 6.07) is 12.9. The number of nitrogens with zero attached hydrogens (tertiary/aromatic N) is 2. The highest BCUT2D eigenvalue weighted by Gasteiger charge is 2.13. The van der Waals surface area contributed by atoms with E-state index in [1.807, 2.05) is 32.0 Å². The molecule has 1 N–H and O–H groups in total. The van der Waals surface area contributed by atoms with Crippen molar-refractivity contribution in [2.75, 3.05) is 5.32 Å². The maximum atomic E-state index is 12.4. The van der Waals surface area contributed by atoms with Gasteiger partial charge in [0.2, 0.25) is 5.91 Å². The third kappa shape index (κ3) is 3.32. The number of non-ortho nitro benzene ring substituents is 1. The Morgan fingerprint density at radius 1 is 1.12 bits per heavy atom. The number of nitro benzene ring substituents is 1. The van der Waals surface area contributed by atoms with Crippen molar-refractivity contribution in [2.24, 2.45) is 0 Å². The second kappa shape index (κ2) is 6.79. The molecule has 0 bridgehead atoms. The average molecular weight is 351 g/mol. The van der Waals surface area contributed by atoms with Crippen molar-refractivity contribution in [1.29, 1.82) is 0 Å². The maximum absolute atomic E-state index is 12.4. The monoisotopic (exact) mass is 351 g/mol. The zero-order valence-electron chi connectivity index (χ0n) is 14.4. The quantitative estimate of drug-likeness (QED) is 0.577. The van der Waals surface area contributed by atoms with Crippen molar-refractivity contribution in [3.8, 4) is 0 Å². The molecule has 132 valence electrons. The van der Waals surface area contributed by atoms with Gasteiger partial charge in [-0.3, -0.25) is 24.3 Å². The number of carbonyl (C=O) groups excluding carboxylic acids is 1. The fraction of sp³-hybridized carbons (Fsp3) is 0.158. The normalized spacial score (nSPS) is 10.7. The van der Waals surface area contributed by atoms with Gasteiger partial charge in [-0.05, 0) is 31.0 Å². The molecule has 0 aliphatic heterocycles. The fourth-order valence-electron chi connectivity index (χ4n) is 2.98. The number of hydrogen-bond acceptors (Lipinski definition) is 4. The van der Waals surface area contributed by atoms with E-state index < -0.39 is 10.8 Å². The van der Waals surface area contributed by atoms with Crippen molar-refractivity contribution >= 4 is 28.2 Å². The second-order valence-corrected chi connectivity index (χ2v) is 6.08. The Morgan fingerprint density at radius 3 is 2.58 bits per heavy atom. The number of amides is 1. The third-order valence-corrected chi connectivity index (χ3v) is 4.18. The van der Waals surface area contributed by atoms with Crippen LogP contribution in [0.4, 0.5) is 11.4 Å². The molecule has 0 radical (unpaired) electrons. The summed E-state index contributed by atoms with van der Waals surface area (Å²) in [5, 5.41) is 14.4. The summed E-state index contributed by atoms with van der Waals surface area (Å²) >= 11 is 0. The molecule has 0 aliphatic rings. The molecule has 3 aromatic rings. The molecule has 0 aliphatic carbocycles. The number of rotatable bonds is 4. The highest BCUT2D eigenvalue weighted by atomic mass is 16.6. The first-order chi connectivity index (χ1) is 12.4. The Bertz CT molecular complexity index is 1090. The van der Waals surface area contributed by atoms with Gasteiger partial charge in [-0.25, -0.2) is 0 Å². The lowest BCUT2D eigenvalue weighted by Gasteiger charge is -2.14. The van der Waals surface area contributed by atoms with Gasteiger partial charge in [-0.2, -0.15) is 0 Å². The van der Waals surface area contributed by atoms with Crippen LogP contribution in [0.3, 0.4) is 0 Å². The molecule has 1 aromatic heterocycles. The number of hydrogen-bond donors (Lipinski definition) is 1. The third-order valence-electron chi connectivity index (χ3n) is 4.18. The molecule has 1 heterocycles. The van der Waals surface area contributed by atoms with Crippen LogP contribution < -0.4 is 10.9 Å². The highest BCUT2D eigenvalue weighted by molar-refractivity contribution is 5.93. The zero-order chi connectivity index (χ0) is 18.8. The minimum absolute atomic E-state index is 0.114. The average Bonchev–Trinajstić information content (AvgIpc) is 2.59. The number of nitro groups is 1. The molecule has 0 atom stereocenters. The molecule has 0 spiro atoms. The van der Waals surface area contributed by atoms with E-state index in [-0.39, 0.29) is 17.8 Å². The Kier molecular flexibility index (Phi) is 4.53. The predicted octanol–water partition coefficient (Wildman–Crippen LogP) is 3.17. The molecule has 0 unspecified atom stereocenters. The van der Waals surface area contributed by atoms with Crippen LogP contribution in [0, 0.1) is 24.0 Å². The van der Waals surface area contributed by atoms with Gasteiger partial charge in [0.15, 0.2) is 0 Å². The number of carbonyl (C=O) groups is 1. The van der Waals surface area contributed by atoms with E-state index in [1.165, 1.54) is 28.8 Å². The molecule has 7 heteroatoms. The first kappa shape index (κ1) is 17.3. The number of aryl methyl sites for hydroxylation is 2. The van der Waals surface area contributed by atoms with Crippen LogP contribution in [-0.2, 0) is 11.3 Å². The van der Waals surface area contributed by atoms with Crippen LogP contribution in [-0.4, -0.2) is 15.4 Å². The molecule has 7 nitrogen and oxygen atoms in total. The minimum Gasteiger partial charge on any atom is -0.324 e. The van der Waals surface area contributed by atoms with E-state index in [2.05, 4.69) is 5.32 Å². The lowest BCUT2D eigenvalue weighted by atomic mass is 10.1. The number of para-hydroxylation sites is 1. The summed E-state index contributed by atoms with van der Waals surface area (Å²) in [4.78, 5) is 35.2. The SMILES string of the molecule is Cc1cc(=O)n(CC(=O)Nc2cccc([N+](=O)[O-])c2)c2c(C)cccc12. The fourth-order valence-corrected chi connectivity index (χ4v) is 2.98. The van der Waals surface area contributed by atoms with Gasteiger partial charge in [0.25, 0.3) is 11.2 Å². The topological polar surface area (TPSA) is 94.2 Å². The van der Waals surface area contributed by atoms with Crippen LogP contribution in [0.1, 0.15) is 11.1 Å². The largest absolute Gasteiger partial charge is 0.324 e. The minimum atomic E-state index is -0.531. The zero-order valence-corrected chi connectivity index (χ0v) is 14.4. The van der Waals surface area contributed by atoms with Gasteiger partial charge in [0.1, 0.15) is 6.54 Å². The van der Waals surface area contributed by atoms with Crippen LogP contribution in [0.2, 0.25) is 0 Å². The van der Waals surface area contributed by atoms with Crippen LogP contribution in [0.15, 0.2) is 53.3 Å². The number of nitrogens with one attached hydrogen (secondary N) is 1. The molecule has 3 rings (SSSR count). The van der Waals surface area contributed by atoms with Gasteiger partial charge in [0.05, 0.1) is 10.4 Å². The Hall–Kier alpha value is -3.48. The van der Waals surface area contributed by atoms with Crippen molar-refractivity contribution in [1.82, 2.24) is 4.57 Å². The number of anilines is 1. The lowest BCUT2D eigenvalue weighted by molar-refractivity contribution is -0.384. The summed E-state index contributed by atoms with van der Waals surface area (Å²) in [6.07, 6.45) is 0. The Balaban J connectivity index is 1.94. The second-order valence-electron chi connectivity index (χ2n) is 6.08. The van der Waals surface area contributed by atoms with Crippen molar-refractivity contribution in [3.63, 3.8) is 0 Å². The lowest BCUT2D eigenvalue weighted by Crippen LogP contribution is -2.28. The molecule has 1 amide bonds. The Labute approximate surface area is 149 Å². The molecule has 0 saturated heterocycles. The van der Waals surface area contributed by atoms with Gasteiger partial charge in [-0.15, -0.1) is 0 Å². The summed E-state index contributed by atoms with van der Waals surface area (Å²) in [5.74, 6) is -0.430. The molecular formula is C19H17N3O4. The molecule has 0 fully saturated rings. The summed E-state index contributed by atoms with van der Waals surface area (Å²) in [7, 11) is 0. The van der Waals surface area contributed by atoms with Crippen molar-refractivity contribution in [3.05, 3.63) is 80.1 Å². The first-order valence-electron chi connectivity index (χ1n) is 8.01. The van der Waals surface area contributed by atoms with E-state index in [0.717, 1.165) is 16.5 Å². The van der Waals surface area contributed by atoms with Gasteiger partial charge < -0.3 is 5.32 Å². The summed E-state index contributed by atoms with van der Waals surface area (Å²) in [5.41, 5.74) is 2.39. The summed E-state index contributed by atoms with van der Waals surface area (Å²) < 4.78 is 1.42. The van der Waals surface area contributed by atoms with Crippen LogP contribution in [0.5, 0.6) is 0 Å². The number of benzene rings is 2. The number of pyridine rings is 1.